The van der Waals surface area contributed by atoms with Crippen molar-refractivity contribution in [2.75, 3.05) is 6.54 Å². The molecule has 0 bridgehead atoms. The highest BCUT2D eigenvalue weighted by molar-refractivity contribution is 5.71. The van der Waals surface area contributed by atoms with Crippen molar-refractivity contribution in [2.45, 2.75) is 25.5 Å². The van der Waals surface area contributed by atoms with Crippen molar-refractivity contribution in [3.05, 3.63) is 35.9 Å². The molecule has 88 valence electrons. The standard InChI is InChI=1S/C13H15N3O/c14-9-12-7-4-8-16(12)13(15)17-10-11-5-2-1-3-6-11/h1-3,5-6,12,15H,4,7-8,10H2/t12-/m0/s1. The molecule has 1 saturated heterocycles. The number of hydrogen-bond donors (Lipinski definition) is 1. The molecule has 0 unspecified atom stereocenters. The van der Waals surface area contributed by atoms with Gasteiger partial charge in [0, 0.05) is 6.54 Å². The van der Waals surface area contributed by atoms with E-state index in [9.17, 15) is 0 Å². The van der Waals surface area contributed by atoms with Crippen LogP contribution in [0, 0.1) is 16.7 Å². The Labute approximate surface area is 101 Å². The Morgan fingerprint density at radius 1 is 1.47 bits per heavy atom. The summed E-state index contributed by atoms with van der Waals surface area (Å²) in [5.41, 5.74) is 1.03. The monoisotopic (exact) mass is 229 g/mol. The van der Waals surface area contributed by atoms with Gasteiger partial charge in [0.25, 0.3) is 6.02 Å². The van der Waals surface area contributed by atoms with E-state index in [1.807, 2.05) is 30.3 Å². The van der Waals surface area contributed by atoms with Crippen LogP contribution in [-0.4, -0.2) is 23.5 Å². The van der Waals surface area contributed by atoms with Gasteiger partial charge in [-0.05, 0) is 18.4 Å². The van der Waals surface area contributed by atoms with Gasteiger partial charge < -0.3 is 9.64 Å². The molecule has 1 aromatic carbocycles. The normalized spacial score (nSPS) is 18.8. The molecule has 17 heavy (non-hydrogen) atoms. The molecule has 0 aromatic heterocycles. The van der Waals surface area contributed by atoms with Gasteiger partial charge in [-0.3, -0.25) is 5.41 Å². The van der Waals surface area contributed by atoms with Crippen LogP contribution in [0.3, 0.4) is 0 Å². The van der Waals surface area contributed by atoms with Gasteiger partial charge in [0.1, 0.15) is 12.6 Å². The van der Waals surface area contributed by atoms with E-state index in [4.69, 9.17) is 15.4 Å². The van der Waals surface area contributed by atoms with E-state index in [1.165, 1.54) is 0 Å². The third kappa shape index (κ3) is 2.76. The van der Waals surface area contributed by atoms with Crippen molar-refractivity contribution in [3.8, 4) is 6.07 Å². The first kappa shape index (κ1) is 11.5. The minimum absolute atomic E-state index is 0.109. The first-order chi connectivity index (χ1) is 8.31. The van der Waals surface area contributed by atoms with Gasteiger partial charge >= 0.3 is 0 Å². The molecule has 2 rings (SSSR count). The van der Waals surface area contributed by atoms with Gasteiger partial charge in [-0.1, -0.05) is 30.3 Å². The summed E-state index contributed by atoms with van der Waals surface area (Å²) in [6.07, 6.45) is 1.78. The van der Waals surface area contributed by atoms with E-state index in [1.54, 1.807) is 4.90 Å². The molecule has 1 heterocycles. The predicted molar refractivity (Wildman–Crippen MR) is 64.3 cm³/mol. The SMILES string of the molecule is N#C[C@@H]1CCCN1C(=N)OCc1ccccc1. The van der Waals surface area contributed by atoms with Crippen LogP contribution in [0.25, 0.3) is 0 Å². The van der Waals surface area contributed by atoms with Crippen LogP contribution >= 0.6 is 0 Å². The highest BCUT2D eigenvalue weighted by Crippen LogP contribution is 2.17. The maximum atomic E-state index is 8.93. The second-order valence-corrected chi connectivity index (χ2v) is 4.06. The predicted octanol–water partition coefficient (Wildman–Crippen LogP) is 2.13. The number of rotatable bonds is 2. The Morgan fingerprint density at radius 3 is 2.94 bits per heavy atom. The van der Waals surface area contributed by atoms with Gasteiger partial charge in [-0.2, -0.15) is 5.26 Å². The number of amidine groups is 1. The molecule has 1 fully saturated rings. The van der Waals surface area contributed by atoms with Crippen molar-refractivity contribution in [3.63, 3.8) is 0 Å². The zero-order valence-corrected chi connectivity index (χ0v) is 9.60. The second-order valence-electron chi connectivity index (χ2n) is 4.06. The Kier molecular flexibility index (Phi) is 3.61. The molecular weight excluding hydrogens is 214 g/mol. The van der Waals surface area contributed by atoms with E-state index < -0.39 is 0 Å². The van der Waals surface area contributed by atoms with Crippen LogP contribution in [0.4, 0.5) is 0 Å². The van der Waals surface area contributed by atoms with E-state index in [0.717, 1.165) is 24.9 Å². The van der Waals surface area contributed by atoms with Gasteiger partial charge in [0.15, 0.2) is 0 Å². The second kappa shape index (κ2) is 5.35. The average Bonchev–Trinajstić information content (AvgIpc) is 2.85. The molecule has 0 radical (unpaired) electrons. The van der Waals surface area contributed by atoms with Gasteiger partial charge in [0.2, 0.25) is 0 Å². The van der Waals surface area contributed by atoms with Crippen LogP contribution in [0.15, 0.2) is 30.3 Å². The number of hydrogen-bond acceptors (Lipinski definition) is 3. The van der Waals surface area contributed by atoms with Crippen molar-refractivity contribution in [2.24, 2.45) is 0 Å². The number of likely N-dealkylation sites (tertiary alicyclic amines) is 1. The smallest absolute Gasteiger partial charge is 0.285 e. The first-order valence-electron chi connectivity index (χ1n) is 5.73. The third-order valence-corrected chi connectivity index (χ3v) is 2.88. The van der Waals surface area contributed by atoms with Crippen LogP contribution < -0.4 is 0 Å². The molecule has 1 aliphatic heterocycles. The summed E-state index contributed by atoms with van der Waals surface area (Å²) in [6, 6.07) is 11.9. The highest BCUT2D eigenvalue weighted by Gasteiger charge is 2.27. The molecule has 4 nitrogen and oxygen atoms in total. The maximum Gasteiger partial charge on any atom is 0.285 e. The molecule has 0 spiro atoms. The summed E-state index contributed by atoms with van der Waals surface area (Å²) in [5, 5.41) is 16.7. The van der Waals surface area contributed by atoms with Gasteiger partial charge in [-0.15, -0.1) is 0 Å². The van der Waals surface area contributed by atoms with E-state index in [-0.39, 0.29) is 12.1 Å². The Morgan fingerprint density at radius 2 is 2.24 bits per heavy atom. The van der Waals surface area contributed by atoms with Gasteiger partial charge in [-0.25, -0.2) is 0 Å². The molecule has 1 atom stereocenters. The molecule has 1 aromatic rings. The third-order valence-electron chi connectivity index (χ3n) is 2.88. The zero-order chi connectivity index (χ0) is 12.1. The minimum atomic E-state index is -0.196. The number of nitrogens with zero attached hydrogens (tertiary/aromatic N) is 2. The lowest BCUT2D eigenvalue weighted by Gasteiger charge is -2.21. The number of benzene rings is 1. The summed E-state index contributed by atoms with van der Waals surface area (Å²) >= 11 is 0. The lowest BCUT2D eigenvalue weighted by atomic mass is 10.2. The fourth-order valence-corrected chi connectivity index (χ4v) is 1.95. The largest absolute Gasteiger partial charge is 0.460 e. The lowest BCUT2D eigenvalue weighted by Crippen LogP contribution is -2.35. The van der Waals surface area contributed by atoms with Crippen molar-refractivity contribution in [1.29, 1.82) is 10.7 Å². The summed E-state index contributed by atoms with van der Waals surface area (Å²) in [7, 11) is 0. The average molecular weight is 229 g/mol. The zero-order valence-electron chi connectivity index (χ0n) is 9.60. The molecule has 0 amide bonds. The Balaban J connectivity index is 1.88. The molecule has 1 N–H and O–H groups in total. The quantitative estimate of drug-likeness (QED) is 0.624. The topological polar surface area (TPSA) is 60.1 Å². The van der Waals surface area contributed by atoms with Crippen molar-refractivity contribution < 1.29 is 4.74 Å². The fraction of sp³-hybridized carbons (Fsp3) is 0.385. The van der Waals surface area contributed by atoms with Crippen molar-refractivity contribution >= 4 is 6.02 Å². The summed E-state index contributed by atoms with van der Waals surface area (Å²) in [4.78, 5) is 1.73. The summed E-state index contributed by atoms with van der Waals surface area (Å²) in [5.74, 6) is 0. The lowest BCUT2D eigenvalue weighted by molar-refractivity contribution is 0.221. The molecule has 1 aliphatic rings. The molecule has 0 aliphatic carbocycles. The Bertz CT molecular complexity index is 424. The van der Waals surface area contributed by atoms with Crippen LogP contribution in [-0.2, 0) is 11.3 Å². The number of nitrogens with one attached hydrogen (secondary N) is 1. The van der Waals surface area contributed by atoms with E-state index in [2.05, 4.69) is 6.07 Å². The first-order valence-corrected chi connectivity index (χ1v) is 5.73. The minimum Gasteiger partial charge on any atom is -0.460 e. The summed E-state index contributed by atoms with van der Waals surface area (Å²) < 4.78 is 5.40. The molecule has 4 heteroatoms. The van der Waals surface area contributed by atoms with E-state index >= 15 is 0 Å². The van der Waals surface area contributed by atoms with Crippen LogP contribution in [0.1, 0.15) is 18.4 Å². The maximum absolute atomic E-state index is 8.93. The fourth-order valence-electron chi connectivity index (χ4n) is 1.95. The summed E-state index contributed by atoms with van der Waals surface area (Å²) in [6.45, 7) is 1.13. The number of ether oxygens (including phenoxy) is 1. The van der Waals surface area contributed by atoms with Crippen molar-refractivity contribution in [1.82, 2.24) is 4.90 Å². The highest BCUT2D eigenvalue weighted by atomic mass is 16.5. The Hall–Kier alpha value is -2.02. The number of nitriles is 1. The van der Waals surface area contributed by atoms with Crippen LogP contribution in [0.2, 0.25) is 0 Å². The van der Waals surface area contributed by atoms with E-state index in [0.29, 0.717) is 6.61 Å². The van der Waals surface area contributed by atoms with Crippen LogP contribution in [0.5, 0.6) is 0 Å². The van der Waals surface area contributed by atoms with Gasteiger partial charge in [0.05, 0.1) is 6.07 Å². The molecular formula is C13H15N3O. The molecule has 0 saturated carbocycles.